The highest BCUT2D eigenvalue weighted by atomic mass is 32.2. The molecule has 0 saturated heterocycles. The van der Waals surface area contributed by atoms with E-state index in [1.165, 1.54) is 24.1 Å². The largest absolute Gasteiger partial charge is 0.347 e. The van der Waals surface area contributed by atoms with Crippen molar-refractivity contribution < 1.29 is 0 Å². The van der Waals surface area contributed by atoms with Gasteiger partial charge in [0.2, 0.25) is 0 Å². The van der Waals surface area contributed by atoms with Crippen molar-refractivity contribution in [1.29, 1.82) is 10.5 Å². The van der Waals surface area contributed by atoms with Gasteiger partial charge in [-0.1, -0.05) is 6.92 Å². The third-order valence-electron chi connectivity index (χ3n) is 3.53. The monoisotopic (exact) mass is 271 g/mol. The van der Waals surface area contributed by atoms with E-state index in [1.807, 2.05) is 26.1 Å². The first-order valence-electron chi connectivity index (χ1n) is 6.58. The lowest BCUT2D eigenvalue weighted by Gasteiger charge is -2.14. The molecule has 0 saturated carbocycles. The van der Waals surface area contributed by atoms with Gasteiger partial charge in [0.15, 0.2) is 0 Å². The molecule has 0 aliphatic heterocycles. The summed E-state index contributed by atoms with van der Waals surface area (Å²) < 4.78 is 2.17. The minimum absolute atomic E-state index is 0.227. The van der Waals surface area contributed by atoms with Gasteiger partial charge < -0.3 is 4.57 Å². The smallest absolute Gasteiger partial charge is 0.145 e. The number of rotatable bonds is 3. The molecule has 98 valence electrons. The molecule has 0 bridgehead atoms. The van der Waals surface area contributed by atoms with Crippen LogP contribution in [0.1, 0.15) is 36.7 Å². The summed E-state index contributed by atoms with van der Waals surface area (Å²) in [6, 6.07) is 6.22. The fraction of sp³-hybridized carbons (Fsp3) is 0.467. The van der Waals surface area contributed by atoms with E-state index in [0.717, 1.165) is 29.2 Å². The molecule has 0 N–H and O–H groups in total. The van der Waals surface area contributed by atoms with Crippen molar-refractivity contribution in [2.75, 3.05) is 5.75 Å². The van der Waals surface area contributed by atoms with Crippen molar-refractivity contribution >= 4 is 16.7 Å². The topological polar surface area (TPSA) is 52.5 Å². The van der Waals surface area contributed by atoms with Crippen LogP contribution in [0.5, 0.6) is 0 Å². The molecule has 1 heterocycles. The molecule has 19 heavy (non-hydrogen) atoms. The van der Waals surface area contributed by atoms with Crippen LogP contribution in [0.25, 0.3) is 4.91 Å². The summed E-state index contributed by atoms with van der Waals surface area (Å²) in [5.74, 6) is 0.859. The summed E-state index contributed by atoms with van der Waals surface area (Å²) >= 11 is 1.58. The van der Waals surface area contributed by atoms with Gasteiger partial charge in [-0.15, -0.1) is 11.8 Å². The molecule has 0 unspecified atom stereocenters. The van der Waals surface area contributed by atoms with Crippen LogP contribution in [-0.2, 0) is 19.9 Å². The third kappa shape index (κ3) is 2.55. The predicted molar refractivity (Wildman–Crippen MR) is 78.3 cm³/mol. The second-order valence-corrected chi connectivity index (χ2v) is 5.90. The summed E-state index contributed by atoms with van der Waals surface area (Å²) in [5, 5.41) is 18.3. The Morgan fingerprint density at radius 1 is 1.32 bits per heavy atom. The molecule has 0 atom stereocenters. The highest BCUT2D eigenvalue weighted by Gasteiger charge is 2.20. The van der Waals surface area contributed by atoms with Crippen molar-refractivity contribution in [2.24, 2.45) is 7.05 Å². The van der Waals surface area contributed by atoms with Gasteiger partial charge in [-0.05, 0) is 43.1 Å². The first-order valence-corrected chi connectivity index (χ1v) is 7.56. The van der Waals surface area contributed by atoms with Gasteiger partial charge in [0.25, 0.3) is 0 Å². The summed E-state index contributed by atoms with van der Waals surface area (Å²) in [6.45, 7) is 2.04. The van der Waals surface area contributed by atoms with Crippen molar-refractivity contribution in [3.63, 3.8) is 0 Å². The van der Waals surface area contributed by atoms with Crippen LogP contribution in [0.2, 0.25) is 0 Å². The Morgan fingerprint density at radius 2 is 2.00 bits per heavy atom. The van der Waals surface area contributed by atoms with E-state index in [-0.39, 0.29) is 5.57 Å². The fourth-order valence-electron chi connectivity index (χ4n) is 2.62. The second kappa shape index (κ2) is 5.99. The minimum atomic E-state index is 0.227. The highest BCUT2D eigenvalue weighted by Crippen LogP contribution is 2.35. The maximum absolute atomic E-state index is 9.13. The highest BCUT2D eigenvalue weighted by molar-refractivity contribution is 8.08. The Bertz CT molecular complexity index is 580. The second-order valence-electron chi connectivity index (χ2n) is 4.63. The zero-order valence-corrected chi connectivity index (χ0v) is 12.2. The Hall–Kier alpha value is -1.65. The van der Waals surface area contributed by atoms with E-state index < -0.39 is 0 Å². The average Bonchev–Trinajstić information content (AvgIpc) is 2.77. The molecule has 0 radical (unpaired) electrons. The number of hydrogen-bond acceptors (Lipinski definition) is 3. The molecule has 1 aliphatic rings. The molecule has 4 heteroatoms. The molecule has 1 aliphatic carbocycles. The maximum Gasteiger partial charge on any atom is 0.145 e. The quantitative estimate of drug-likeness (QED) is 0.792. The molecule has 0 aromatic carbocycles. The lowest BCUT2D eigenvalue weighted by atomic mass is 9.98. The maximum atomic E-state index is 9.13. The van der Waals surface area contributed by atoms with Crippen LogP contribution < -0.4 is 0 Å². The van der Waals surface area contributed by atoms with Gasteiger partial charge in [0, 0.05) is 12.7 Å². The summed E-state index contributed by atoms with van der Waals surface area (Å²) in [6.07, 6.45) is 4.68. The number of nitrogens with zero attached hydrogens (tertiary/aromatic N) is 3. The number of nitriles is 2. The van der Waals surface area contributed by atoms with Crippen molar-refractivity contribution in [1.82, 2.24) is 4.57 Å². The Labute approximate surface area is 118 Å². The lowest BCUT2D eigenvalue weighted by Crippen LogP contribution is -2.06. The van der Waals surface area contributed by atoms with Gasteiger partial charge in [0.1, 0.15) is 17.7 Å². The van der Waals surface area contributed by atoms with Crippen LogP contribution in [0.3, 0.4) is 0 Å². The SMILES string of the molecule is CCSC(=C(C#N)C#N)c1cc2c(n1C)CCCC2. The van der Waals surface area contributed by atoms with E-state index in [4.69, 9.17) is 10.5 Å². The predicted octanol–water partition coefficient (Wildman–Crippen LogP) is 3.42. The van der Waals surface area contributed by atoms with Gasteiger partial charge in [0.05, 0.1) is 10.6 Å². The van der Waals surface area contributed by atoms with Crippen LogP contribution in [-0.4, -0.2) is 10.3 Å². The first-order chi connectivity index (χ1) is 9.22. The zero-order valence-electron chi connectivity index (χ0n) is 11.4. The molecule has 2 rings (SSSR count). The molecular weight excluding hydrogens is 254 g/mol. The number of aryl methyl sites for hydroxylation is 1. The number of allylic oxidation sites excluding steroid dienone is 1. The van der Waals surface area contributed by atoms with Crippen molar-refractivity contribution in [2.45, 2.75) is 32.6 Å². The van der Waals surface area contributed by atoms with Gasteiger partial charge in [-0.2, -0.15) is 10.5 Å². The zero-order chi connectivity index (χ0) is 13.8. The third-order valence-corrected chi connectivity index (χ3v) is 4.52. The molecule has 0 amide bonds. The summed E-state index contributed by atoms with van der Waals surface area (Å²) in [4.78, 5) is 0.824. The van der Waals surface area contributed by atoms with Gasteiger partial charge in [-0.3, -0.25) is 0 Å². The van der Waals surface area contributed by atoms with Crippen LogP contribution in [0.4, 0.5) is 0 Å². The van der Waals surface area contributed by atoms with Crippen molar-refractivity contribution in [3.05, 3.63) is 28.6 Å². The van der Waals surface area contributed by atoms with E-state index in [2.05, 4.69) is 10.6 Å². The van der Waals surface area contributed by atoms with Crippen LogP contribution >= 0.6 is 11.8 Å². The van der Waals surface area contributed by atoms with Gasteiger partial charge >= 0.3 is 0 Å². The van der Waals surface area contributed by atoms with Crippen LogP contribution in [0, 0.1) is 22.7 Å². The summed E-state index contributed by atoms with van der Waals surface area (Å²) in [5.41, 5.74) is 4.00. The number of hydrogen-bond donors (Lipinski definition) is 0. The standard InChI is InChI=1S/C15H17N3S/c1-3-19-15(12(9-16)10-17)14-8-11-6-4-5-7-13(11)18(14)2/h8H,3-7H2,1-2H3. The van der Waals surface area contributed by atoms with E-state index >= 15 is 0 Å². The Balaban J connectivity index is 2.56. The Morgan fingerprint density at radius 3 is 2.58 bits per heavy atom. The van der Waals surface area contributed by atoms with Crippen LogP contribution in [0.15, 0.2) is 11.6 Å². The van der Waals surface area contributed by atoms with Gasteiger partial charge in [-0.25, -0.2) is 0 Å². The summed E-state index contributed by atoms with van der Waals surface area (Å²) in [7, 11) is 2.04. The minimum Gasteiger partial charge on any atom is -0.347 e. The van der Waals surface area contributed by atoms with Crippen molar-refractivity contribution in [3.8, 4) is 12.1 Å². The molecule has 1 aromatic rings. The first kappa shape index (κ1) is 13.8. The number of fused-ring (bicyclic) bond motifs is 1. The lowest BCUT2D eigenvalue weighted by molar-refractivity contribution is 0.647. The van der Waals surface area contributed by atoms with E-state index in [1.54, 1.807) is 11.8 Å². The number of aromatic nitrogens is 1. The molecule has 3 nitrogen and oxygen atoms in total. The molecule has 0 fully saturated rings. The molecule has 0 spiro atoms. The van der Waals surface area contributed by atoms with E-state index in [0.29, 0.717) is 0 Å². The average molecular weight is 271 g/mol. The Kier molecular flexibility index (Phi) is 4.35. The van der Waals surface area contributed by atoms with E-state index in [9.17, 15) is 0 Å². The number of thioether (sulfide) groups is 1. The molecule has 1 aromatic heterocycles. The molecular formula is C15H17N3S. The fourth-order valence-corrected chi connectivity index (χ4v) is 3.49. The normalized spacial score (nSPS) is 13.3.